The molecule has 0 unspecified atom stereocenters. The topological polar surface area (TPSA) is 42.7 Å². The minimum Gasteiger partial charge on any atom is -0.314 e. The van der Waals surface area contributed by atoms with Crippen molar-refractivity contribution in [2.75, 3.05) is 6.54 Å². The largest absolute Gasteiger partial charge is 0.314 e. The molecule has 0 radical (unpaired) electrons. The van der Waals surface area contributed by atoms with Crippen molar-refractivity contribution in [3.8, 4) is 0 Å². The third kappa shape index (κ3) is 4.30. The van der Waals surface area contributed by atoms with Gasteiger partial charge in [0.25, 0.3) is 0 Å². The SMILES string of the molecule is Cn1cnc(CCNC2CCC(C(C)(C)C)CC2)n1. The van der Waals surface area contributed by atoms with Crippen LogP contribution in [-0.4, -0.2) is 27.4 Å². The molecule has 1 aromatic rings. The van der Waals surface area contributed by atoms with Gasteiger partial charge < -0.3 is 5.32 Å². The molecule has 4 heteroatoms. The van der Waals surface area contributed by atoms with Gasteiger partial charge in [-0.2, -0.15) is 5.10 Å². The molecular formula is C15H28N4. The minimum absolute atomic E-state index is 0.475. The normalized spacial score (nSPS) is 24.6. The van der Waals surface area contributed by atoms with Crippen molar-refractivity contribution >= 4 is 0 Å². The van der Waals surface area contributed by atoms with Gasteiger partial charge in [-0.1, -0.05) is 20.8 Å². The van der Waals surface area contributed by atoms with Gasteiger partial charge in [0, 0.05) is 26.1 Å². The van der Waals surface area contributed by atoms with Crippen LogP contribution in [0.25, 0.3) is 0 Å². The highest BCUT2D eigenvalue weighted by Gasteiger charge is 2.29. The zero-order valence-electron chi connectivity index (χ0n) is 12.8. The Bertz CT molecular complexity index is 383. The Labute approximate surface area is 117 Å². The predicted molar refractivity (Wildman–Crippen MR) is 77.9 cm³/mol. The Kier molecular flexibility index (Phi) is 4.61. The Balaban J connectivity index is 1.66. The lowest BCUT2D eigenvalue weighted by Gasteiger charge is -2.37. The van der Waals surface area contributed by atoms with Crippen LogP contribution in [0.3, 0.4) is 0 Å². The van der Waals surface area contributed by atoms with Gasteiger partial charge in [0.2, 0.25) is 0 Å². The quantitative estimate of drug-likeness (QED) is 0.909. The average Bonchev–Trinajstić information content (AvgIpc) is 2.75. The highest BCUT2D eigenvalue weighted by molar-refractivity contribution is 4.86. The van der Waals surface area contributed by atoms with E-state index in [-0.39, 0.29) is 0 Å². The van der Waals surface area contributed by atoms with E-state index in [0.29, 0.717) is 11.5 Å². The van der Waals surface area contributed by atoms with Crippen LogP contribution >= 0.6 is 0 Å². The third-order valence-electron chi connectivity index (χ3n) is 4.38. The van der Waals surface area contributed by atoms with Crippen LogP contribution in [0.2, 0.25) is 0 Å². The number of aromatic nitrogens is 3. The number of hydrogen-bond donors (Lipinski definition) is 1. The fourth-order valence-corrected chi connectivity index (χ4v) is 3.05. The molecule has 1 aliphatic rings. The van der Waals surface area contributed by atoms with E-state index in [0.717, 1.165) is 24.7 Å². The summed E-state index contributed by atoms with van der Waals surface area (Å²) in [6.07, 6.45) is 8.06. The van der Waals surface area contributed by atoms with Crippen LogP contribution in [0.1, 0.15) is 52.3 Å². The zero-order valence-corrected chi connectivity index (χ0v) is 12.8. The summed E-state index contributed by atoms with van der Waals surface area (Å²) in [6, 6.07) is 0.697. The zero-order chi connectivity index (χ0) is 13.9. The molecule has 1 fully saturated rings. The number of aryl methyl sites for hydroxylation is 1. The molecule has 1 N–H and O–H groups in total. The lowest BCUT2D eigenvalue weighted by molar-refractivity contribution is 0.160. The van der Waals surface area contributed by atoms with E-state index in [4.69, 9.17) is 0 Å². The first-order valence-corrected chi connectivity index (χ1v) is 7.53. The first kappa shape index (κ1) is 14.5. The van der Waals surface area contributed by atoms with Crippen LogP contribution < -0.4 is 5.32 Å². The maximum atomic E-state index is 4.30. The number of hydrogen-bond acceptors (Lipinski definition) is 3. The Hall–Kier alpha value is -0.900. The van der Waals surface area contributed by atoms with Gasteiger partial charge in [-0.15, -0.1) is 0 Å². The van der Waals surface area contributed by atoms with Gasteiger partial charge in [0.1, 0.15) is 6.33 Å². The maximum Gasteiger partial charge on any atom is 0.151 e. The predicted octanol–water partition coefficient (Wildman–Crippen LogP) is 2.55. The molecular weight excluding hydrogens is 236 g/mol. The van der Waals surface area contributed by atoms with E-state index in [1.807, 2.05) is 7.05 Å². The monoisotopic (exact) mass is 264 g/mol. The second kappa shape index (κ2) is 6.04. The second-order valence-electron chi connectivity index (χ2n) is 6.95. The Morgan fingerprint density at radius 3 is 2.47 bits per heavy atom. The second-order valence-corrected chi connectivity index (χ2v) is 6.95. The Morgan fingerprint density at radius 2 is 1.95 bits per heavy atom. The van der Waals surface area contributed by atoms with Crippen molar-refractivity contribution in [2.45, 2.75) is 58.9 Å². The summed E-state index contributed by atoms with van der Waals surface area (Å²) in [6.45, 7) is 8.11. The average molecular weight is 264 g/mol. The van der Waals surface area contributed by atoms with Crippen molar-refractivity contribution < 1.29 is 0 Å². The summed E-state index contributed by atoms with van der Waals surface area (Å²) < 4.78 is 1.77. The lowest BCUT2D eigenvalue weighted by Crippen LogP contribution is -2.37. The summed E-state index contributed by atoms with van der Waals surface area (Å²) >= 11 is 0. The minimum atomic E-state index is 0.475. The van der Waals surface area contributed by atoms with Crippen LogP contribution in [0.4, 0.5) is 0 Å². The van der Waals surface area contributed by atoms with Crippen LogP contribution in [0, 0.1) is 11.3 Å². The molecule has 2 rings (SSSR count). The molecule has 0 aromatic carbocycles. The standard InChI is InChI=1S/C15H28N4/c1-15(2,3)12-5-7-13(8-6-12)16-10-9-14-17-11-19(4)18-14/h11-13,16H,5-10H2,1-4H3. The van der Waals surface area contributed by atoms with Crippen molar-refractivity contribution in [1.29, 1.82) is 0 Å². The molecule has 1 heterocycles. The van der Waals surface area contributed by atoms with Crippen LogP contribution in [0.15, 0.2) is 6.33 Å². The van der Waals surface area contributed by atoms with Crippen LogP contribution in [0.5, 0.6) is 0 Å². The summed E-state index contributed by atoms with van der Waals surface area (Å²) in [7, 11) is 1.91. The van der Waals surface area contributed by atoms with E-state index >= 15 is 0 Å². The van der Waals surface area contributed by atoms with Crippen molar-refractivity contribution in [3.05, 3.63) is 12.2 Å². The molecule has 0 bridgehead atoms. The molecule has 19 heavy (non-hydrogen) atoms. The first-order valence-electron chi connectivity index (χ1n) is 7.53. The van der Waals surface area contributed by atoms with Crippen molar-refractivity contribution in [2.24, 2.45) is 18.4 Å². The first-order chi connectivity index (χ1) is 8.95. The molecule has 0 spiro atoms. The van der Waals surface area contributed by atoms with Gasteiger partial charge in [0.15, 0.2) is 5.82 Å². The van der Waals surface area contributed by atoms with Gasteiger partial charge in [0.05, 0.1) is 0 Å². The van der Waals surface area contributed by atoms with Gasteiger partial charge >= 0.3 is 0 Å². The summed E-state index contributed by atoms with van der Waals surface area (Å²) in [5.41, 5.74) is 0.475. The van der Waals surface area contributed by atoms with E-state index in [1.165, 1.54) is 25.7 Å². The third-order valence-corrected chi connectivity index (χ3v) is 4.38. The summed E-state index contributed by atoms with van der Waals surface area (Å²) in [5, 5.41) is 7.97. The maximum absolute atomic E-state index is 4.30. The van der Waals surface area contributed by atoms with Crippen LogP contribution in [-0.2, 0) is 13.5 Å². The molecule has 1 aliphatic carbocycles. The smallest absolute Gasteiger partial charge is 0.151 e. The molecule has 0 aliphatic heterocycles. The molecule has 0 atom stereocenters. The van der Waals surface area contributed by atoms with Gasteiger partial charge in [-0.25, -0.2) is 4.98 Å². The van der Waals surface area contributed by atoms with E-state index in [9.17, 15) is 0 Å². The molecule has 108 valence electrons. The number of nitrogens with one attached hydrogen (secondary N) is 1. The highest BCUT2D eigenvalue weighted by atomic mass is 15.3. The fourth-order valence-electron chi connectivity index (χ4n) is 3.05. The lowest BCUT2D eigenvalue weighted by atomic mass is 9.71. The summed E-state index contributed by atoms with van der Waals surface area (Å²) in [4.78, 5) is 4.25. The Morgan fingerprint density at radius 1 is 1.26 bits per heavy atom. The fraction of sp³-hybridized carbons (Fsp3) is 0.867. The van der Waals surface area contributed by atoms with Gasteiger partial charge in [-0.05, 0) is 37.0 Å². The van der Waals surface area contributed by atoms with E-state index in [2.05, 4.69) is 36.2 Å². The summed E-state index contributed by atoms with van der Waals surface area (Å²) in [5.74, 6) is 1.83. The molecule has 1 saturated carbocycles. The number of rotatable bonds is 4. The van der Waals surface area contributed by atoms with Gasteiger partial charge in [-0.3, -0.25) is 4.68 Å². The molecule has 0 amide bonds. The van der Waals surface area contributed by atoms with Crippen molar-refractivity contribution in [1.82, 2.24) is 20.1 Å². The van der Waals surface area contributed by atoms with E-state index < -0.39 is 0 Å². The molecule has 1 aromatic heterocycles. The molecule has 0 saturated heterocycles. The number of nitrogens with zero attached hydrogens (tertiary/aromatic N) is 3. The van der Waals surface area contributed by atoms with E-state index in [1.54, 1.807) is 11.0 Å². The molecule has 4 nitrogen and oxygen atoms in total. The highest BCUT2D eigenvalue weighted by Crippen LogP contribution is 2.37. The van der Waals surface area contributed by atoms with Crippen molar-refractivity contribution in [3.63, 3.8) is 0 Å².